The number of nitrogens with two attached hydrogens (primary N) is 1. The van der Waals surface area contributed by atoms with Gasteiger partial charge in [0.15, 0.2) is 6.61 Å². The van der Waals surface area contributed by atoms with E-state index in [1.807, 2.05) is 0 Å². The average molecular weight is 334 g/mol. The molecule has 0 saturated carbocycles. The summed E-state index contributed by atoms with van der Waals surface area (Å²) in [6.45, 7) is 1.71. The summed E-state index contributed by atoms with van der Waals surface area (Å²) in [5.41, 5.74) is 3.46. The molecular formula is C13H22N2O8. The molecule has 3 N–H and O–H groups in total. The second kappa shape index (κ2) is 9.74. The highest BCUT2D eigenvalue weighted by molar-refractivity contribution is 5.84. The van der Waals surface area contributed by atoms with Gasteiger partial charge in [-0.2, -0.15) is 0 Å². The second-order valence-electron chi connectivity index (χ2n) is 5.12. The van der Waals surface area contributed by atoms with Crippen molar-refractivity contribution in [3.8, 4) is 0 Å². The van der Waals surface area contributed by atoms with Crippen LogP contribution < -0.4 is 5.73 Å². The zero-order valence-electron chi connectivity index (χ0n) is 13.4. The molecular weight excluding hydrogens is 312 g/mol. The van der Waals surface area contributed by atoms with Gasteiger partial charge in [-0.1, -0.05) is 0 Å². The van der Waals surface area contributed by atoms with Crippen LogP contribution in [0.4, 0.5) is 0 Å². The van der Waals surface area contributed by atoms with Crippen LogP contribution in [0.2, 0.25) is 0 Å². The average Bonchev–Trinajstić information content (AvgIpc) is 2.43. The van der Waals surface area contributed by atoms with Crippen molar-refractivity contribution >= 4 is 23.9 Å². The zero-order chi connectivity index (χ0) is 18.0. The van der Waals surface area contributed by atoms with Crippen molar-refractivity contribution in [1.29, 1.82) is 0 Å². The maximum Gasteiger partial charge on any atom is 0.350 e. The fourth-order valence-electron chi connectivity index (χ4n) is 1.33. The van der Waals surface area contributed by atoms with Gasteiger partial charge in [0.2, 0.25) is 5.60 Å². The molecule has 10 heteroatoms. The monoisotopic (exact) mass is 334 g/mol. The van der Waals surface area contributed by atoms with Crippen molar-refractivity contribution in [2.75, 3.05) is 39.9 Å². The van der Waals surface area contributed by atoms with Crippen LogP contribution in [0.3, 0.4) is 0 Å². The molecule has 0 rings (SSSR count). The van der Waals surface area contributed by atoms with E-state index in [0.717, 1.165) is 0 Å². The predicted molar refractivity (Wildman–Crippen MR) is 76.3 cm³/mol. The number of nitrogens with zero attached hydrogens (tertiary/aromatic N) is 1. The summed E-state index contributed by atoms with van der Waals surface area (Å²) in [5.74, 6) is -3.54. The fourth-order valence-corrected chi connectivity index (χ4v) is 1.33. The number of carboxylic acids is 1. The maximum absolute atomic E-state index is 11.7. The lowest BCUT2D eigenvalue weighted by molar-refractivity contribution is -0.181. The first-order valence-corrected chi connectivity index (χ1v) is 6.73. The van der Waals surface area contributed by atoms with Crippen LogP contribution >= 0.6 is 0 Å². The van der Waals surface area contributed by atoms with E-state index in [2.05, 4.69) is 4.74 Å². The molecule has 0 radical (unpaired) electrons. The first kappa shape index (κ1) is 20.8. The SMILES string of the molecule is CN(CCOC(=O)CN)CC(=O)OC(C)(C)C(=O)OCC(=O)O. The lowest BCUT2D eigenvalue weighted by Gasteiger charge is -2.24. The van der Waals surface area contributed by atoms with Gasteiger partial charge in [-0.25, -0.2) is 9.59 Å². The third kappa shape index (κ3) is 9.42. The Bertz CT molecular complexity index is 449. The predicted octanol–water partition coefficient (Wildman–Crippen LogP) is -1.63. The topological polar surface area (TPSA) is 145 Å². The van der Waals surface area contributed by atoms with Crippen molar-refractivity contribution in [3.05, 3.63) is 0 Å². The molecule has 0 saturated heterocycles. The Balaban J connectivity index is 4.22. The Morgan fingerprint density at radius 2 is 1.74 bits per heavy atom. The molecule has 0 aromatic rings. The van der Waals surface area contributed by atoms with Gasteiger partial charge >= 0.3 is 23.9 Å². The molecule has 0 spiro atoms. The molecule has 0 heterocycles. The van der Waals surface area contributed by atoms with E-state index in [4.69, 9.17) is 20.3 Å². The molecule has 0 aliphatic carbocycles. The molecule has 0 aliphatic rings. The minimum Gasteiger partial charge on any atom is -0.479 e. The second-order valence-corrected chi connectivity index (χ2v) is 5.12. The largest absolute Gasteiger partial charge is 0.479 e. The minimum absolute atomic E-state index is 0.0594. The molecule has 23 heavy (non-hydrogen) atoms. The molecule has 0 amide bonds. The third-order valence-corrected chi connectivity index (χ3v) is 2.49. The van der Waals surface area contributed by atoms with Crippen molar-refractivity contribution in [1.82, 2.24) is 4.90 Å². The third-order valence-electron chi connectivity index (χ3n) is 2.49. The number of rotatable bonds is 10. The van der Waals surface area contributed by atoms with Crippen molar-refractivity contribution < 1.29 is 38.5 Å². The zero-order valence-corrected chi connectivity index (χ0v) is 13.4. The minimum atomic E-state index is -1.61. The van der Waals surface area contributed by atoms with Gasteiger partial charge in [-0.05, 0) is 20.9 Å². The van der Waals surface area contributed by atoms with Crippen LogP contribution in [0.15, 0.2) is 0 Å². The Hall–Kier alpha value is -2.20. The summed E-state index contributed by atoms with van der Waals surface area (Å²) in [6.07, 6.45) is 0. The quantitative estimate of drug-likeness (QED) is 0.352. The van der Waals surface area contributed by atoms with Crippen LogP contribution in [-0.2, 0) is 33.4 Å². The highest BCUT2D eigenvalue weighted by atomic mass is 16.6. The summed E-state index contributed by atoms with van der Waals surface area (Å²) in [6, 6.07) is 0. The van der Waals surface area contributed by atoms with Crippen LogP contribution in [0.25, 0.3) is 0 Å². The molecule has 0 fully saturated rings. The van der Waals surface area contributed by atoms with Crippen LogP contribution in [0.5, 0.6) is 0 Å². The van der Waals surface area contributed by atoms with Crippen molar-refractivity contribution in [2.24, 2.45) is 5.73 Å². The number of ether oxygens (including phenoxy) is 3. The van der Waals surface area contributed by atoms with Gasteiger partial charge in [0, 0.05) is 6.54 Å². The summed E-state index contributed by atoms with van der Waals surface area (Å²) in [5, 5.41) is 8.43. The van der Waals surface area contributed by atoms with E-state index in [0.29, 0.717) is 0 Å². The van der Waals surface area contributed by atoms with Crippen molar-refractivity contribution in [2.45, 2.75) is 19.4 Å². The lowest BCUT2D eigenvalue weighted by atomic mass is 10.1. The molecule has 0 aromatic heterocycles. The maximum atomic E-state index is 11.7. The molecule has 0 atom stereocenters. The fraction of sp³-hybridized carbons (Fsp3) is 0.692. The molecule has 0 bridgehead atoms. The Morgan fingerprint density at radius 1 is 1.13 bits per heavy atom. The first-order chi connectivity index (χ1) is 10.6. The number of aliphatic carboxylic acids is 1. The smallest absolute Gasteiger partial charge is 0.350 e. The van der Waals surface area contributed by atoms with E-state index in [1.54, 1.807) is 7.05 Å². The number of esters is 3. The van der Waals surface area contributed by atoms with E-state index in [-0.39, 0.29) is 26.2 Å². The first-order valence-electron chi connectivity index (χ1n) is 6.73. The van der Waals surface area contributed by atoms with Gasteiger partial charge in [0.05, 0.1) is 13.1 Å². The highest BCUT2D eigenvalue weighted by Crippen LogP contribution is 2.12. The van der Waals surface area contributed by atoms with E-state index >= 15 is 0 Å². The number of likely N-dealkylation sites (N-methyl/N-ethyl adjacent to an activating group) is 1. The van der Waals surface area contributed by atoms with E-state index in [1.165, 1.54) is 18.7 Å². The summed E-state index contributed by atoms with van der Waals surface area (Å²) < 4.78 is 14.2. The van der Waals surface area contributed by atoms with E-state index in [9.17, 15) is 19.2 Å². The number of hydrogen-bond acceptors (Lipinski definition) is 9. The Kier molecular flexibility index (Phi) is 8.81. The summed E-state index contributed by atoms with van der Waals surface area (Å²) in [7, 11) is 1.59. The number of carbonyl (C=O) groups is 4. The lowest BCUT2D eigenvalue weighted by Crippen LogP contribution is -2.42. The summed E-state index contributed by atoms with van der Waals surface area (Å²) in [4.78, 5) is 46.1. The van der Waals surface area contributed by atoms with E-state index < -0.39 is 36.1 Å². The Morgan fingerprint density at radius 3 is 2.26 bits per heavy atom. The Labute approximate surface area is 133 Å². The molecule has 10 nitrogen and oxygen atoms in total. The number of hydrogen-bond donors (Lipinski definition) is 2. The number of carbonyl (C=O) groups excluding carboxylic acids is 3. The standard InChI is InChI=1S/C13H22N2O8/c1-13(2,12(20)22-8-9(16)17)23-11(19)7-15(3)4-5-21-10(18)6-14/h4-8,14H2,1-3H3,(H,16,17). The molecule has 0 aromatic carbocycles. The van der Waals surface area contributed by atoms with Gasteiger partial charge < -0.3 is 25.1 Å². The number of carboxylic acid groups (broad SMARTS) is 1. The normalized spacial score (nSPS) is 11.0. The van der Waals surface area contributed by atoms with Gasteiger partial charge in [-0.3, -0.25) is 14.5 Å². The molecule has 0 unspecified atom stereocenters. The van der Waals surface area contributed by atoms with Gasteiger partial charge in [0.25, 0.3) is 0 Å². The van der Waals surface area contributed by atoms with Gasteiger partial charge in [0.1, 0.15) is 6.61 Å². The summed E-state index contributed by atoms with van der Waals surface area (Å²) >= 11 is 0. The van der Waals surface area contributed by atoms with Gasteiger partial charge in [-0.15, -0.1) is 0 Å². The van der Waals surface area contributed by atoms with Crippen LogP contribution in [0.1, 0.15) is 13.8 Å². The highest BCUT2D eigenvalue weighted by Gasteiger charge is 2.34. The molecule has 132 valence electrons. The van der Waals surface area contributed by atoms with Crippen LogP contribution in [0, 0.1) is 0 Å². The van der Waals surface area contributed by atoms with Crippen LogP contribution in [-0.4, -0.2) is 79.4 Å². The van der Waals surface area contributed by atoms with Crippen molar-refractivity contribution in [3.63, 3.8) is 0 Å². The molecule has 0 aliphatic heterocycles.